The van der Waals surface area contributed by atoms with Crippen molar-refractivity contribution in [2.24, 2.45) is 11.8 Å². The molecule has 0 aliphatic rings. The molecule has 27 heavy (non-hydrogen) atoms. The molecule has 1 heterocycles. The maximum atomic E-state index is 12.3. The molecule has 0 aliphatic heterocycles. The Morgan fingerprint density at radius 2 is 1.67 bits per heavy atom. The number of hydrogen-bond donors (Lipinski definition) is 0. The minimum atomic E-state index is -4.71. The number of fused-ring (bicyclic) bond motifs is 1. The van der Waals surface area contributed by atoms with E-state index in [0.29, 0.717) is 29.9 Å². The summed E-state index contributed by atoms with van der Waals surface area (Å²) >= 11 is 0. The summed E-state index contributed by atoms with van der Waals surface area (Å²) in [4.78, 5) is 0. The van der Waals surface area contributed by atoms with Crippen molar-refractivity contribution < 1.29 is 27.2 Å². The van der Waals surface area contributed by atoms with Gasteiger partial charge in [0.05, 0.1) is 12.0 Å². The van der Waals surface area contributed by atoms with E-state index >= 15 is 0 Å². The summed E-state index contributed by atoms with van der Waals surface area (Å²) < 4.78 is 51.8. The highest BCUT2D eigenvalue weighted by molar-refractivity contribution is 5.87. The second kappa shape index (κ2) is 7.50. The average Bonchev–Trinajstić information content (AvgIpc) is 3.01. The highest BCUT2D eigenvalue weighted by Gasteiger charge is 2.31. The summed E-state index contributed by atoms with van der Waals surface area (Å²) in [7, 11) is 0. The first-order valence-electron chi connectivity index (χ1n) is 8.61. The van der Waals surface area contributed by atoms with E-state index in [2.05, 4.69) is 30.7 Å². The molecule has 1 aromatic heterocycles. The number of ether oxygens (including phenoxy) is 2. The third kappa shape index (κ3) is 4.72. The smallest absolute Gasteiger partial charge is 0.475 e. The van der Waals surface area contributed by atoms with Crippen molar-refractivity contribution in [2.75, 3.05) is 6.61 Å². The minimum absolute atomic E-state index is 0.260. The number of rotatable bonds is 6. The van der Waals surface area contributed by atoms with Gasteiger partial charge in [-0.2, -0.15) is 0 Å². The van der Waals surface area contributed by atoms with E-state index in [1.165, 1.54) is 12.1 Å². The lowest BCUT2D eigenvalue weighted by Crippen LogP contribution is -2.16. The highest BCUT2D eigenvalue weighted by atomic mass is 19.4. The normalized spacial score (nSPS) is 13.1. The molecule has 0 amide bonds. The van der Waals surface area contributed by atoms with Gasteiger partial charge in [0.2, 0.25) is 0 Å². The average molecular weight is 379 g/mol. The largest absolute Gasteiger partial charge is 0.573 e. The summed E-state index contributed by atoms with van der Waals surface area (Å²) in [5, 5.41) is 4.69. The number of alkyl halides is 3. The molecule has 7 heteroatoms. The van der Waals surface area contributed by atoms with Crippen molar-refractivity contribution in [1.82, 2.24) is 5.16 Å². The Balaban J connectivity index is 1.82. The molecule has 144 valence electrons. The fraction of sp³-hybridized carbons (Fsp3) is 0.350. The molecule has 0 N–H and O–H groups in total. The third-order valence-electron chi connectivity index (χ3n) is 4.48. The number of hydrogen-bond acceptors (Lipinski definition) is 4. The van der Waals surface area contributed by atoms with Crippen LogP contribution in [0.2, 0.25) is 0 Å². The van der Waals surface area contributed by atoms with Crippen LogP contribution in [-0.2, 0) is 0 Å². The molecule has 0 spiro atoms. The van der Waals surface area contributed by atoms with E-state index in [-0.39, 0.29) is 5.75 Å². The summed E-state index contributed by atoms with van der Waals surface area (Å²) in [6.07, 6.45) is -4.71. The van der Waals surface area contributed by atoms with Crippen LogP contribution < -0.4 is 9.47 Å². The SMILES string of the molecule is CC(C)[C@H](C)COc1noc2ccc(-c3ccc(OC(F)(F)F)cc3)cc12. The van der Waals surface area contributed by atoms with Gasteiger partial charge in [-0.05, 0) is 52.4 Å². The molecular formula is C20H20F3NO3. The predicted molar refractivity (Wildman–Crippen MR) is 95.6 cm³/mol. The van der Waals surface area contributed by atoms with Gasteiger partial charge in [0, 0.05) is 0 Å². The van der Waals surface area contributed by atoms with E-state index in [0.717, 1.165) is 16.5 Å². The molecule has 3 aromatic rings. The van der Waals surface area contributed by atoms with Gasteiger partial charge >= 0.3 is 6.36 Å². The van der Waals surface area contributed by atoms with Gasteiger partial charge in [0.15, 0.2) is 5.58 Å². The van der Waals surface area contributed by atoms with Crippen molar-refractivity contribution in [3.63, 3.8) is 0 Å². The van der Waals surface area contributed by atoms with Gasteiger partial charge in [-0.3, -0.25) is 0 Å². The monoisotopic (exact) mass is 379 g/mol. The van der Waals surface area contributed by atoms with E-state index in [1.807, 2.05) is 12.1 Å². The van der Waals surface area contributed by atoms with E-state index in [9.17, 15) is 13.2 Å². The van der Waals surface area contributed by atoms with Crippen LogP contribution in [0.25, 0.3) is 22.1 Å². The Morgan fingerprint density at radius 3 is 2.30 bits per heavy atom. The fourth-order valence-electron chi connectivity index (χ4n) is 2.45. The van der Waals surface area contributed by atoms with Crippen LogP contribution in [0, 0.1) is 11.8 Å². The first-order valence-corrected chi connectivity index (χ1v) is 8.61. The topological polar surface area (TPSA) is 44.5 Å². The number of benzene rings is 2. The molecule has 0 fully saturated rings. The summed E-state index contributed by atoms with van der Waals surface area (Å²) in [6.45, 7) is 6.87. The Bertz CT molecular complexity index is 901. The number of halogens is 3. The van der Waals surface area contributed by atoms with Crippen LogP contribution >= 0.6 is 0 Å². The molecule has 0 unspecified atom stereocenters. The first kappa shape index (κ1) is 19.1. The third-order valence-corrected chi connectivity index (χ3v) is 4.48. The highest BCUT2D eigenvalue weighted by Crippen LogP contribution is 2.32. The number of aromatic nitrogens is 1. The molecule has 1 atom stereocenters. The molecule has 2 aromatic carbocycles. The van der Waals surface area contributed by atoms with Gasteiger partial charge in [-0.15, -0.1) is 13.2 Å². The minimum Gasteiger partial charge on any atom is -0.475 e. The fourth-order valence-corrected chi connectivity index (χ4v) is 2.45. The van der Waals surface area contributed by atoms with Gasteiger partial charge in [-0.25, -0.2) is 0 Å². The van der Waals surface area contributed by atoms with Crippen molar-refractivity contribution >= 4 is 11.0 Å². The molecule has 0 saturated heterocycles. The van der Waals surface area contributed by atoms with Crippen LogP contribution in [0.5, 0.6) is 11.6 Å². The Labute approximate surface area is 154 Å². The van der Waals surface area contributed by atoms with Crippen LogP contribution in [0.1, 0.15) is 20.8 Å². The molecular weight excluding hydrogens is 359 g/mol. The van der Waals surface area contributed by atoms with Crippen LogP contribution in [0.15, 0.2) is 47.0 Å². The maximum Gasteiger partial charge on any atom is 0.573 e. The summed E-state index contributed by atoms with van der Waals surface area (Å²) in [5.74, 6) is 0.998. The second-order valence-corrected chi connectivity index (χ2v) is 6.80. The standard InChI is InChI=1S/C20H20F3NO3/c1-12(2)13(3)11-25-19-17-10-15(6-9-18(17)27-24-19)14-4-7-16(8-5-14)26-20(21,22)23/h4-10,12-13H,11H2,1-3H3/t13-/m1/s1. The van der Waals surface area contributed by atoms with Gasteiger partial charge in [0.25, 0.3) is 5.88 Å². The number of nitrogens with zero attached hydrogens (tertiary/aromatic N) is 1. The summed E-state index contributed by atoms with van der Waals surface area (Å²) in [6, 6.07) is 11.1. The quantitative estimate of drug-likeness (QED) is 0.522. The zero-order chi connectivity index (χ0) is 19.6. The van der Waals surface area contributed by atoms with Gasteiger partial charge in [0.1, 0.15) is 5.75 Å². The van der Waals surface area contributed by atoms with Crippen molar-refractivity contribution in [2.45, 2.75) is 27.1 Å². The lowest BCUT2D eigenvalue weighted by atomic mass is 9.99. The predicted octanol–water partition coefficient (Wildman–Crippen LogP) is 6.06. The molecule has 0 aliphatic carbocycles. The van der Waals surface area contributed by atoms with Crippen molar-refractivity contribution in [3.8, 4) is 22.8 Å². The lowest BCUT2D eigenvalue weighted by molar-refractivity contribution is -0.274. The zero-order valence-corrected chi connectivity index (χ0v) is 15.2. The Morgan fingerprint density at radius 1 is 1.00 bits per heavy atom. The summed E-state index contributed by atoms with van der Waals surface area (Å²) in [5.41, 5.74) is 2.14. The lowest BCUT2D eigenvalue weighted by Gasteiger charge is -2.14. The van der Waals surface area contributed by atoms with Gasteiger partial charge in [-0.1, -0.05) is 39.0 Å². The van der Waals surface area contributed by atoms with Crippen LogP contribution in [-0.4, -0.2) is 18.1 Å². The molecule has 0 bridgehead atoms. The van der Waals surface area contributed by atoms with E-state index in [1.54, 1.807) is 18.2 Å². The zero-order valence-electron chi connectivity index (χ0n) is 15.2. The van der Waals surface area contributed by atoms with Crippen LogP contribution in [0.3, 0.4) is 0 Å². The Kier molecular flexibility index (Phi) is 5.30. The maximum absolute atomic E-state index is 12.3. The van der Waals surface area contributed by atoms with Crippen molar-refractivity contribution in [3.05, 3.63) is 42.5 Å². The van der Waals surface area contributed by atoms with Gasteiger partial charge < -0.3 is 14.0 Å². The van der Waals surface area contributed by atoms with E-state index < -0.39 is 6.36 Å². The second-order valence-electron chi connectivity index (χ2n) is 6.80. The Hall–Kier alpha value is -2.70. The first-order chi connectivity index (χ1) is 12.7. The molecule has 4 nitrogen and oxygen atoms in total. The molecule has 3 rings (SSSR count). The molecule has 0 radical (unpaired) electrons. The van der Waals surface area contributed by atoms with Crippen molar-refractivity contribution in [1.29, 1.82) is 0 Å². The van der Waals surface area contributed by atoms with Crippen LogP contribution in [0.4, 0.5) is 13.2 Å². The van der Waals surface area contributed by atoms with E-state index in [4.69, 9.17) is 9.26 Å². The molecule has 0 saturated carbocycles.